The number of esters is 1. The van der Waals surface area contributed by atoms with Gasteiger partial charge in [-0.2, -0.15) is 15.2 Å². The van der Waals surface area contributed by atoms with Crippen LogP contribution in [0, 0.1) is 34.7 Å². The van der Waals surface area contributed by atoms with Gasteiger partial charge < -0.3 is 39.4 Å². The maximum Gasteiger partial charge on any atom is 0.412 e. The molecule has 0 spiro atoms. The highest BCUT2D eigenvalue weighted by Gasteiger charge is 2.45. The fourth-order valence-electron chi connectivity index (χ4n) is 12.6. The zero-order valence-electron chi connectivity index (χ0n) is 44.5. The van der Waals surface area contributed by atoms with Crippen LogP contribution < -0.4 is 20.7 Å². The summed E-state index contributed by atoms with van der Waals surface area (Å²) in [5.41, 5.74) is 10.1. The number of halogens is 4. The maximum absolute atomic E-state index is 17.4. The first-order chi connectivity index (χ1) is 39.0. The van der Waals surface area contributed by atoms with Crippen LogP contribution in [0.15, 0.2) is 53.6 Å². The number of allylic oxidation sites excluding steroid dienone is 1. The lowest BCUT2D eigenvalue weighted by atomic mass is 9.89. The topological polar surface area (TPSA) is 219 Å². The number of nitrogens with one attached hydrogen (secondary N) is 1. The number of amides is 2. The molecule has 3 N–H and O–H groups in total. The van der Waals surface area contributed by atoms with E-state index < -0.39 is 47.4 Å². The summed E-state index contributed by atoms with van der Waals surface area (Å²) in [5, 5.41) is 13.6. The number of nitrogens with two attached hydrogens (primary N) is 1. The summed E-state index contributed by atoms with van der Waals surface area (Å²) in [6.45, 7) is 10.7. The third kappa shape index (κ3) is 9.05. The predicted octanol–water partition coefficient (Wildman–Crippen LogP) is 9.33. The molecule has 3 aromatic heterocycles. The van der Waals surface area contributed by atoms with Crippen molar-refractivity contribution in [2.75, 3.05) is 75.5 Å². The monoisotopic (exact) mass is 1140 g/mol. The van der Waals surface area contributed by atoms with Gasteiger partial charge in [0.2, 0.25) is 0 Å². The Bertz CT molecular complexity index is 3850. The van der Waals surface area contributed by atoms with E-state index in [4.69, 9.17) is 46.3 Å². The highest BCUT2D eigenvalue weighted by molar-refractivity contribution is 7.23. The van der Waals surface area contributed by atoms with Crippen LogP contribution in [-0.2, 0) is 48.4 Å². The summed E-state index contributed by atoms with van der Waals surface area (Å²) in [5.74, 6) is -3.49. The molecule has 0 radical (unpaired) electrons. The van der Waals surface area contributed by atoms with Gasteiger partial charge in [0.15, 0.2) is 5.82 Å². The summed E-state index contributed by atoms with van der Waals surface area (Å²) in [6.07, 6.45) is 4.64. The van der Waals surface area contributed by atoms with Crippen LogP contribution in [0.3, 0.4) is 0 Å². The van der Waals surface area contributed by atoms with E-state index in [-0.39, 0.29) is 117 Å². The van der Waals surface area contributed by atoms with Gasteiger partial charge >= 0.3 is 18.1 Å². The normalized spacial score (nSPS) is 19.5. The molecule has 18 nitrogen and oxygen atoms in total. The van der Waals surface area contributed by atoms with Crippen molar-refractivity contribution in [2.24, 2.45) is 5.92 Å². The van der Waals surface area contributed by atoms with Crippen LogP contribution in [0.2, 0.25) is 5.02 Å². The van der Waals surface area contributed by atoms with E-state index in [2.05, 4.69) is 21.8 Å². The SMILES string of the molecule is C=C(C(=O)N1CCN(c2nc(OCC34CCCN3CCC4)nc3c(F)c(-c4ccc(F)c5sc(N)c(C#N)c45)c(Cl)cc23)CC1)C(C)OC(=O)Nc1c(F)cc2nc3c(c4c2c1COC4)CN(C)/C3=C\C1=C(C=O)COC(=O)C1CC. The number of nitriles is 1. The number of anilines is 3. The molecule has 418 valence electrons. The Labute approximate surface area is 471 Å². The van der Waals surface area contributed by atoms with Crippen molar-refractivity contribution in [3.8, 4) is 23.2 Å². The first-order valence-corrected chi connectivity index (χ1v) is 27.9. The number of carbonyl (C=O) groups is 4. The Morgan fingerprint density at radius 1 is 1.04 bits per heavy atom. The second-order valence-corrected chi connectivity index (χ2v) is 22.7. The number of aromatic nitrogens is 3. The molecule has 0 saturated carbocycles. The standard InChI is InChI=1S/C58H54ClF3N10O8S/c1-5-31-33(30(23-73)24-78-55(31)75)19-43-49-36(22-69(43)4)37-25-77-26-38-44(37)42(65-49)20-41(61)48(38)67-57(76)80-29(3)28(2)54(74)71-16-14-70(15-17-71)53-34-18-39(59)46(32-8-9-40(60)51-45(32)35(21-63)52(64)81-51)47(62)50(34)66-56(68-53)79-27-58-10-6-12-72(58)13-7-11-58/h8-9,18-20,23,29,31H,2,5-7,10-17,22,24-27,64H2,1,3-4H3,(H,67,76)/b43-19-. The Hall–Kier alpha value is -7.84. The molecule has 2 atom stereocenters. The van der Waals surface area contributed by atoms with Gasteiger partial charge in [0.1, 0.15) is 59.6 Å². The third-order valence-electron chi connectivity index (χ3n) is 16.8. The molecule has 3 aromatic carbocycles. The van der Waals surface area contributed by atoms with Gasteiger partial charge in [-0.15, -0.1) is 11.3 Å². The molecule has 23 heteroatoms. The van der Waals surface area contributed by atoms with Crippen molar-refractivity contribution in [3.05, 3.63) is 104 Å². The second-order valence-electron chi connectivity index (χ2n) is 21.3. The zero-order valence-corrected chi connectivity index (χ0v) is 46.1. The van der Waals surface area contributed by atoms with Gasteiger partial charge in [-0.05, 0) is 87.0 Å². The van der Waals surface area contributed by atoms with Crippen molar-refractivity contribution >= 4 is 101 Å². The van der Waals surface area contributed by atoms with Crippen LogP contribution in [0.25, 0.3) is 48.7 Å². The predicted molar refractivity (Wildman–Crippen MR) is 298 cm³/mol. The average Bonchev–Trinajstić information content (AvgIpc) is 4.27. The Morgan fingerprint density at radius 2 is 1.79 bits per heavy atom. The Balaban J connectivity index is 0.768. The smallest absolute Gasteiger partial charge is 0.412 e. The number of hydrogen-bond acceptors (Lipinski definition) is 17. The molecule has 9 heterocycles. The van der Waals surface area contributed by atoms with Crippen molar-refractivity contribution in [1.82, 2.24) is 29.7 Å². The van der Waals surface area contributed by atoms with Crippen LogP contribution >= 0.6 is 22.9 Å². The molecule has 0 bridgehead atoms. The number of rotatable bonds is 12. The van der Waals surface area contributed by atoms with Crippen molar-refractivity contribution in [3.63, 3.8) is 0 Å². The Kier molecular flexibility index (Phi) is 13.9. The maximum atomic E-state index is 17.4. The number of benzene rings is 3. The molecule has 3 fully saturated rings. The number of nitrogen functional groups attached to an aromatic ring is 1. The van der Waals surface area contributed by atoms with Gasteiger partial charge in [0, 0.05) is 84.3 Å². The van der Waals surface area contributed by atoms with Gasteiger partial charge in [0.05, 0.1) is 68.1 Å². The molecular weight excluding hydrogens is 1090 g/mol. The van der Waals surface area contributed by atoms with Gasteiger partial charge in [-0.25, -0.2) is 22.9 Å². The van der Waals surface area contributed by atoms with Crippen molar-refractivity contribution < 1.29 is 51.3 Å². The molecule has 6 aliphatic heterocycles. The molecule has 12 rings (SSSR count). The van der Waals surface area contributed by atoms with Crippen LogP contribution in [-0.4, -0.2) is 125 Å². The lowest BCUT2D eigenvalue weighted by Gasteiger charge is -2.36. The van der Waals surface area contributed by atoms with E-state index >= 15 is 13.2 Å². The number of nitrogens with zero attached hydrogens (tertiary/aromatic N) is 8. The van der Waals surface area contributed by atoms with Crippen molar-refractivity contribution in [2.45, 2.75) is 77.4 Å². The number of hydrogen-bond donors (Lipinski definition) is 2. The minimum atomic E-state index is -1.15. The molecule has 81 heavy (non-hydrogen) atoms. The van der Waals surface area contributed by atoms with Gasteiger partial charge in [-0.3, -0.25) is 24.6 Å². The lowest BCUT2D eigenvalue weighted by Crippen LogP contribution is -2.50. The summed E-state index contributed by atoms with van der Waals surface area (Å²) in [4.78, 5) is 74.7. The number of pyridine rings is 1. The largest absolute Gasteiger partial charge is 0.461 e. The molecule has 3 saturated heterocycles. The second kappa shape index (κ2) is 20.9. The quantitative estimate of drug-likeness (QED) is 0.0662. The van der Waals surface area contributed by atoms with E-state index in [9.17, 15) is 24.4 Å². The summed E-state index contributed by atoms with van der Waals surface area (Å²) < 4.78 is 72.3. The number of cyclic esters (lactones) is 1. The zero-order chi connectivity index (χ0) is 56.8. The molecule has 2 unspecified atom stereocenters. The summed E-state index contributed by atoms with van der Waals surface area (Å²) in [6, 6.07) is 7.29. The number of thiophene rings is 1. The van der Waals surface area contributed by atoms with Gasteiger partial charge in [-0.1, -0.05) is 31.2 Å². The van der Waals surface area contributed by atoms with E-state index in [0.29, 0.717) is 70.7 Å². The molecular formula is C58H54ClF3N10O8S. The number of piperazine rings is 1. The van der Waals surface area contributed by atoms with Crippen molar-refractivity contribution in [1.29, 1.82) is 5.26 Å². The van der Waals surface area contributed by atoms with Crippen LogP contribution in [0.4, 0.5) is 34.5 Å². The minimum absolute atomic E-state index is 0.00595. The third-order valence-corrected chi connectivity index (χ3v) is 18.1. The Morgan fingerprint density at radius 3 is 2.52 bits per heavy atom. The van der Waals surface area contributed by atoms with E-state index in [1.54, 1.807) is 11.0 Å². The number of aldehydes is 1. The lowest BCUT2D eigenvalue weighted by molar-refractivity contribution is -0.147. The fourth-order valence-corrected chi connectivity index (χ4v) is 13.9. The average molecular weight is 1140 g/mol. The molecule has 6 aromatic rings. The summed E-state index contributed by atoms with van der Waals surface area (Å²) >= 11 is 7.86. The number of ether oxygens (including phenoxy) is 4. The van der Waals surface area contributed by atoms with E-state index in [0.717, 1.165) is 61.2 Å². The number of carbonyl (C=O) groups excluding carboxylic acids is 4. The minimum Gasteiger partial charge on any atom is -0.461 e. The summed E-state index contributed by atoms with van der Waals surface area (Å²) in [7, 11) is 1.86. The molecule has 0 aliphatic carbocycles. The number of fused-ring (bicyclic) bond motifs is 5. The van der Waals surface area contributed by atoms with Crippen LogP contribution in [0.1, 0.15) is 73.9 Å². The first kappa shape index (κ1) is 53.8. The highest BCUT2D eigenvalue weighted by atomic mass is 35.5. The van der Waals surface area contributed by atoms with Gasteiger partial charge in [0.25, 0.3) is 5.91 Å². The van der Waals surface area contributed by atoms with E-state index in [1.807, 2.05) is 29.8 Å². The molecule has 6 aliphatic rings. The van der Waals surface area contributed by atoms with Crippen LogP contribution in [0.5, 0.6) is 6.01 Å². The fraction of sp³-hybridized carbons (Fsp3) is 0.379. The van der Waals surface area contributed by atoms with E-state index in [1.165, 1.54) is 31.2 Å². The molecule has 2 amide bonds. The first-order valence-electron chi connectivity index (χ1n) is 26.7. The highest BCUT2D eigenvalue weighted by Crippen LogP contribution is 2.48.